The van der Waals surface area contributed by atoms with E-state index in [4.69, 9.17) is 9.47 Å². The van der Waals surface area contributed by atoms with E-state index in [2.05, 4.69) is 11.6 Å². The lowest BCUT2D eigenvalue weighted by molar-refractivity contribution is 0.303. The molecule has 2 aromatic rings. The van der Waals surface area contributed by atoms with Gasteiger partial charge in [0.1, 0.15) is 5.82 Å². The molecule has 0 radical (unpaired) electrons. The van der Waals surface area contributed by atoms with Crippen molar-refractivity contribution in [3.63, 3.8) is 0 Å². The third-order valence-corrected chi connectivity index (χ3v) is 3.27. The Morgan fingerprint density at radius 3 is 2.62 bits per heavy atom. The molecule has 1 heterocycles. The van der Waals surface area contributed by atoms with E-state index < -0.39 is 0 Å². The fourth-order valence-electron chi connectivity index (χ4n) is 2.30. The largest absolute Gasteiger partial charge is 0.493 e. The molecule has 0 spiro atoms. The van der Waals surface area contributed by atoms with E-state index in [-0.39, 0.29) is 6.61 Å². The zero-order chi connectivity index (χ0) is 15.2. The van der Waals surface area contributed by atoms with E-state index in [0.29, 0.717) is 24.6 Å². The fourth-order valence-corrected chi connectivity index (χ4v) is 2.30. The lowest BCUT2D eigenvalue weighted by Crippen LogP contribution is -2.27. The highest BCUT2D eigenvalue weighted by molar-refractivity contribution is 5.94. The normalized spacial score (nSPS) is 10.4. The van der Waals surface area contributed by atoms with E-state index in [1.165, 1.54) is 0 Å². The summed E-state index contributed by atoms with van der Waals surface area (Å²) >= 11 is 0. The predicted octanol–water partition coefficient (Wildman–Crippen LogP) is 2.24. The first-order valence-corrected chi connectivity index (χ1v) is 6.72. The molecule has 1 aromatic carbocycles. The van der Waals surface area contributed by atoms with Crippen LogP contribution in [0.1, 0.15) is 0 Å². The number of rotatable bonds is 7. The highest BCUT2D eigenvalue weighted by Crippen LogP contribution is 2.35. The topological polar surface area (TPSA) is 54.8 Å². The number of aliphatic hydroxyl groups is 1. The maximum absolute atomic E-state index is 9.23. The summed E-state index contributed by atoms with van der Waals surface area (Å²) in [5.41, 5.74) is 0. The smallest absolute Gasteiger partial charge is 0.161 e. The number of benzene rings is 1. The van der Waals surface area contributed by atoms with Gasteiger partial charge in [-0.3, -0.25) is 0 Å². The van der Waals surface area contributed by atoms with Crippen molar-refractivity contribution in [2.24, 2.45) is 0 Å². The standard InChI is InChI=1S/C16H20N2O3/c1-4-7-18(8-9-19)16-13-11-15(21-3)14(20-2)10-12(13)5-6-17-16/h4-6,10-11,19H,1,7-9H2,2-3H3. The molecule has 1 aromatic heterocycles. The first kappa shape index (κ1) is 15.1. The number of hydrogen-bond acceptors (Lipinski definition) is 5. The minimum absolute atomic E-state index is 0.0548. The molecular formula is C16H20N2O3. The van der Waals surface area contributed by atoms with Crippen molar-refractivity contribution in [1.29, 1.82) is 0 Å². The summed E-state index contributed by atoms with van der Waals surface area (Å²) in [6.45, 7) is 4.91. The SMILES string of the molecule is C=CCN(CCO)c1nccc2cc(OC)c(OC)cc12. The molecule has 0 amide bonds. The third kappa shape index (κ3) is 3.08. The average Bonchev–Trinajstić information content (AvgIpc) is 2.52. The minimum Gasteiger partial charge on any atom is -0.493 e. The Kier molecular flexibility index (Phi) is 5.00. The molecule has 0 aliphatic carbocycles. The molecule has 5 nitrogen and oxygen atoms in total. The van der Waals surface area contributed by atoms with Crippen molar-refractivity contribution in [2.75, 3.05) is 38.8 Å². The monoisotopic (exact) mass is 288 g/mol. The van der Waals surface area contributed by atoms with Crippen LogP contribution in [0.5, 0.6) is 11.5 Å². The molecule has 0 bridgehead atoms. The summed E-state index contributed by atoms with van der Waals surface area (Å²) < 4.78 is 10.7. The molecule has 0 fully saturated rings. The summed E-state index contributed by atoms with van der Waals surface area (Å²) in [6, 6.07) is 5.75. The summed E-state index contributed by atoms with van der Waals surface area (Å²) in [5.74, 6) is 2.13. The highest BCUT2D eigenvalue weighted by Gasteiger charge is 2.13. The number of anilines is 1. The second kappa shape index (κ2) is 6.95. The lowest BCUT2D eigenvalue weighted by atomic mass is 10.1. The Morgan fingerprint density at radius 1 is 1.29 bits per heavy atom. The molecular weight excluding hydrogens is 268 g/mol. The molecule has 1 N–H and O–H groups in total. The van der Waals surface area contributed by atoms with Crippen LogP contribution in [0.2, 0.25) is 0 Å². The van der Waals surface area contributed by atoms with E-state index >= 15 is 0 Å². The van der Waals surface area contributed by atoms with Gasteiger partial charge in [-0.25, -0.2) is 4.98 Å². The van der Waals surface area contributed by atoms with E-state index in [0.717, 1.165) is 16.6 Å². The molecule has 112 valence electrons. The number of methoxy groups -OCH3 is 2. The van der Waals surface area contributed by atoms with Gasteiger partial charge < -0.3 is 19.5 Å². The number of ether oxygens (including phenoxy) is 2. The van der Waals surface area contributed by atoms with Crippen molar-refractivity contribution in [1.82, 2.24) is 4.98 Å². The zero-order valence-electron chi connectivity index (χ0n) is 12.4. The molecule has 0 saturated carbocycles. The van der Waals surface area contributed by atoms with Gasteiger partial charge in [-0.05, 0) is 23.6 Å². The molecule has 0 aliphatic rings. The minimum atomic E-state index is 0.0548. The predicted molar refractivity (Wildman–Crippen MR) is 84.3 cm³/mol. The number of fused-ring (bicyclic) bond motifs is 1. The summed E-state index contributed by atoms with van der Waals surface area (Å²) in [6.07, 6.45) is 3.54. The third-order valence-electron chi connectivity index (χ3n) is 3.27. The first-order valence-electron chi connectivity index (χ1n) is 6.72. The van der Waals surface area contributed by atoms with Gasteiger partial charge in [0.05, 0.1) is 20.8 Å². The van der Waals surface area contributed by atoms with Gasteiger partial charge in [-0.2, -0.15) is 0 Å². The van der Waals surface area contributed by atoms with E-state index in [1.54, 1.807) is 26.5 Å². The maximum atomic E-state index is 9.23. The van der Waals surface area contributed by atoms with Gasteiger partial charge in [-0.15, -0.1) is 6.58 Å². The molecule has 0 unspecified atom stereocenters. The Labute approximate surface area is 124 Å². The van der Waals surface area contributed by atoms with Crippen LogP contribution < -0.4 is 14.4 Å². The summed E-state index contributed by atoms with van der Waals surface area (Å²) in [4.78, 5) is 6.42. The number of pyridine rings is 1. The number of hydrogen-bond donors (Lipinski definition) is 1. The van der Waals surface area contributed by atoms with Gasteiger partial charge in [0.15, 0.2) is 11.5 Å². The molecule has 21 heavy (non-hydrogen) atoms. The van der Waals surface area contributed by atoms with Gasteiger partial charge in [0.2, 0.25) is 0 Å². The number of aromatic nitrogens is 1. The second-order valence-electron chi connectivity index (χ2n) is 4.52. The fraction of sp³-hybridized carbons (Fsp3) is 0.312. The molecule has 0 aliphatic heterocycles. The lowest BCUT2D eigenvalue weighted by Gasteiger charge is -2.23. The highest BCUT2D eigenvalue weighted by atomic mass is 16.5. The van der Waals surface area contributed by atoms with Crippen LogP contribution in [-0.2, 0) is 0 Å². The maximum Gasteiger partial charge on any atom is 0.161 e. The van der Waals surface area contributed by atoms with Crippen LogP contribution in [-0.4, -0.2) is 44.0 Å². The van der Waals surface area contributed by atoms with Gasteiger partial charge in [0.25, 0.3) is 0 Å². The zero-order valence-corrected chi connectivity index (χ0v) is 12.4. The van der Waals surface area contributed by atoms with Crippen LogP contribution in [0.25, 0.3) is 10.8 Å². The van der Waals surface area contributed by atoms with Crippen molar-refractivity contribution in [3.05, 3.63) is 37.1 Å². The van der Waals surface area contributed by atoms with Crippen LogP contribution in [0.4, 0.5) is 5.82 Å². The van der Waals surface area contributed by atoms with E-state index in [9.17, 15) is 5.11 Å². The average molecular weight is 288 g/mol. The summed E-state index contributed by atoms with van der Waals surface area (Å²) in [5, 5.41) is 11.2. The van der Waals surface area contributed by atoms with Gasteiger partial charge in [0, 0.05) is 24.7 Å². The number of aliphatic hydroxyl groups excluding tert-OH is 1. The van der Waals surface area contributed by atoms with E-state index in [1.807, 2.05) is 23.1 Å². The molecule has 0 saturated heterocycles. The number of nitrogens with zero attached hydrogens (tertiary/aromatic N) is 2. The van der Waals surface area contributed by atoms with Gasteiger partial charge in [-0.1, -0.05) is 6.08 Å². The summed E-state index contributed by atoms with van der Waals surface area (Å²) in [7, 11) is 3.22. The Morgan fingerprint density at radius 2 is 2.00 bits per heavy atom. The van der Waals surface area contributed by atoms with Crippen LogP contribution >= 0.6 is 0 Å². The Bertz CT molecular complexity index is 628. The Balaban J connectivity index is 2.60. The molecule has 5 heteroatoms. The molecule has 0 atom stereocenters. The van der Waals surface area contributed by atoms with Gasteiger partial charge >= 0.3 is 0 Å². The van der Waals surface area contributed by atoms with Crippen molar-refractivity contribution < 1.29 is 14.6 Å². The quantitative estimate of drug-likeness (QED) is 0.792. The first-order chi connectivity index (χ1) is 10.2. The Hall–Kier alpha value is -2.27. The molecule has 2 rings (SSSR count). The van der Waals surface area contributed by atoms with Crippen LogP contribution in [0.3, 0.4) is 0 Å². The van der Waals surface area contributed by atoms with Crippen LogP contribution in [0.15, 0.2) is 37.1 Å². The van der Waals surface area contributed by atoms with Crippen molar-refractivity contribution >= 4 is 16.6 Å². The van der Waals surface area contributed by atoms with Crippen molar-refractivity contribution in [3.8, 4) is 11.5 Å². The second-order valence-corrected chi connectivity index (χ2v) is 4.52. The van der Waals surface area contributed by atoms with Crippen LogP contribution in [0, 0.1) is 0 Å². The van der Waals surface area contributed by atoms with Crippen molar-refractivity contribution in [2.45, 2.75) is 0 Å².